The minimum atomic E-state index is -1.32. The number of nitrogens with two attached hydrogens (primary N) is 1. The first kappa shape index (κ1) is 16.0. The van der Waals surface area contributed by atoms with E-state index in [1.54, 1.807) is 32.9 Å². The lowest BCUT2D eigenvalue weighted by Gasteiger charge is -2.22. The summed E-state index contributed by atoms with van der Waals surface area (Å²) in [6, 6.07) is 6.35. The Labute approximate surface area is 117 Å². The molecule has 20 heavy (non-hydrogen) atoms. The molecule has 0 fully saturated rings. The van der Waals surface area contributed by atoms with E-state index in [4.69, 9.17) is 15.2 Å². The molecule has 0 aromatic heterocycles. The molecule has 6 heteroatoms. The third kappa shape index (κ3) is 4.55. The number of esters is 2. The molecular formula is C14H19NO5. The fourth-order valence-corrected chi connectivity index (χ4v) is 1.39. The SMILES string of the molecule is COC(=O)c1ccccc1OC(N)C(=O)OC(C)(C)C. The minimum absolute atomic E-state index is 0.165. The zero-order valence-electron chi connectivity index (χ0n) is 12.0. The Morgan fingerprint density at radius 1 is 1.20 bits per heavy atom. The number of methoxy groups -OCH3 is 1. The van der Waals surface area contributed by atoms with Gasteiger partial charge in [0.2, 0.25) is 6.23 Å². The van der Waals surface area contributed by atoms with Gasteiger partial charge in [0.25, 0.3) is 0 Å². The van der Waals surface area contributed by atoms with Crippen molar-refractivity contribution in [2.75, 3.05) is 7.11 Å². The molecule has 2 N–H and O–H groups in total. The highest BCUT2D eigenvalue weighted by Crippen LogP contribution is 2.20. The molecule has 0 aliphatic heterocycles. The number of hydrogen-bond donors (Lipinski definition) is 1. The molecule has 0 saturated heterocycles. The maximum atomic E-state index is 11.7. The molecule has 0 aliphatic rings. The van der Waals surface area contributed by atoms with Crippen molar-refractivity contribution in [2.24, 2.45) is 5.73 Å². The lowest BCUT2D eigenvalue weighted by molar-refractivity contribution is -0.163. The zero-order valence-corrected chi connectivity index (χ0v) is 12.0. The summed E-state index contributed by atoms with van der Waals surface area (Å²) in [7, 11) is 1.26. The van der Waals surface area contributed by atoms with E-state index < -0.39 is 23.8 Å². The number of carbonyl (C=O) groups is 2. The van der Waals surface area contributed by atoms with Gasteiger partial charge in [-0.15, -0.1) is 0 Å². The molecule has 0 heterocycles. The quantitative estimate of drug-likeness (QED) is 0.664. The molecule has 0 saturated carbocycles. The van der Waals surface area contributed by atoms with Crippen LogP contribution in [0.1, 0.15) is 31.1 Å². The normalized spacial score (nSPS) is 12.4. The number of para-hydroxylation sites is 1. The summed E-state index contributed by atoms with van der Waals surface area (Å²) in [5, 5.41) is 0. The maximum Gasteiger partial charge on any atom is 0.363 e. The largest absolute Gasteiger partial charge is 0.465 e. The van der Waals surface area contributed by atoms with Gasteiger partial charge >= 0.3 is 11.9 Å². The molecule has 0 amide bonds. The Balaban J connectivity index is 2.83. The van der Waals surface area contributed by atoms with E-state index in [9.17, 15) is 9.59 Å². The third-order valence-corrected chi connectivity index (χ3v) is 2.19. The van der Waals surface area contributed by atoms with Crippen LogP contribution < -0.4 is 10.5 Å². The smallest absolute Gasteiger partial charge is 0.363 e. The average molecular weight is 281 g/mol. The summed E-state index contributed by atoms with van der Waals surface area (Å²) in [4.78, 5) is 23.3. The molecular weight excluding hydrogens is 262 g/mol. The Hall–Kier alpha value is -2.08. The van der Waals surface area contributed by atoms with Crippen molar-refractivity contribution in [2.45, 2.75) is 32.6 Å². The van der Waals surface area contributed by atoms with Gasteiger partial charge in [-0.2, -0.15) is 0 Å². The van der Waals surface area contributed by atoms with Gasteiger partial charge in [-0.3, -0.25) is 5.73 Å². The number of carbonyl (C=O) groups excluding carboxylic acids is 2. The van der Waals surface area contributed by atoms with Crippen molar-refractivity contribution >= 4 is 11.9 Å². The first-order valence-electron chi connectivity index (χ1n) is 6.07. The lowest BCUT2D eigenvalue weighted by Crippen LogP contribution is -2.41. The summed E-state index contributed by atoms with van der Waals surface area (Å²) < 4.78 is 15.0. The van der Waals surface area contributed by atoms with E-state index in [-0.39, 0.29) is 11.3 Å². The fraction of sp³-hybridized carbons (Fsp3) is 0.429. The first-order chi connectivity index (χ1) is 9.24. The molecule has 110 valence electrons. The van der Waals surface area contributed by atoms with E-state index in [1.165, 1.54) is 19.2 Å². The van der Waals surface area contributed by atoms with E-state index in [0.29, 0.717) is 0 Å². The van der Waals surface area contributed by atoms with Crippen LogP contribution in [0, 0.1) is 0 Å². The van der Waals surface area contributed by atoms with Crippen LogP contribution >= 0.6 is 0 Å². The van der Waals surface area contributed by atoms with Crippen LogP contribution in [-0.2, 0) is 14.3 Å². The Morgan fingerprint density at radius 2 is 1.80 bits per heavy atom. The highest BCUT2D eigenvalue weighted by atomic mass is 16.6. The summed E-state index contributed by atoms with van der Waals surface area (Å²) in [6.07, 6.45) is -1.32. The van der Waals surface area contributed by atoms with E-state index in [0.717, 1.165) is 0 Å². The van der Waals surface area contributed by atoms with Crippen molar-refractivity contribution < 1.29 is 23.8 Å². The van der Waals surface area contributed by atoms with Crippen molar-refractivity contribution in [3.63, 3.8) is 0 Å². The number of benzene rings is 1. The van der Waals surface area contributed by atoms with Gasteiger partial charge < -0.3 is 14.2 Å². The molecule has 1 aromatic rings. The summed E-state index contributed by atoms with van der Waals surface area (Å²) in [5.74, 6) is -1.12. The number of rotatable bonds is 4. The maximum absolute atomic E-state index is 11.7. The topological polar surface area (TPSA) is 87.9 Å². The molecule has 0 spiro atoms. The van der Waals surface area contributed by atoms with Gasteiger partial charge in [0, 0.05) is 0 Å². The van der Waals surface area contributed by atoms with Gasteiger partial charge in [-0.25, -0.2) is 9.59 Å². The zero-order chi connectivity index (χ0) is 15.3. The van der Waals surface area contributed by atoms with Gasteiger partial charge in [0.05, 0.1) is 7.11 Å². The second-order valence-corrected chi connectivity index (χ2v) is 5.06. The van der Waals surface area contributed by atoms with E-state index in [2.05, 4.69) is 4.74 Å². The molecule has 6 nitrogen and oxygen atoms in total. The van der Waals surface area contributed by atoms with Crippen LogP contribution in [0.3, 0.4) is 0 Å². The third-order valence-electron chi connectivity index (χ3n) is 2.19. The molecule has 1 rings (SSSR count). The number of ether oxygens (including phenoxy) is 3. The highest BCUT2D eigenvalue weighted by Gasteiger charge is 2.25. The van der Waals surface area contributed by atoms with Gasteiger partial charge in [-0.05, 0) is 32.9 Å². The van der Waals surface area contributed by atoms with Crippen molar-refractivity contribution in [1.29, 1.82) is 0 Å². The fourth-order valence-electron chi connectivity index (χ4n) is 1.39. The van der Waals surface area contributed by atoms with Crippen LogP contribution in [0.2, 0.25) is 0 Å². The monoisotopic (exact) mass is 281 g/mol. The minimum Gasteiger partial charge on any atom is -0.465 e. The van der Waals surface area contributed by atoms with Gasteiger partial charge in [-0.1, -0.05) is 12.1 Å². The van der Waals surface area contributed by atoms with Crippen molar-refractivity contribution in [1.82, 2.24) is 0 Å². The van der Waals surface area contributed by atoms with Gasteiger partial charge in [0.1, 0.15) is 16.9 Å². The molecule has 1 unspecified atom stereocenters. The lowest BCUT2D eigenvalue weighted by atomic mass is 10.2. The van der Waals surface area contributed by atoms with Crippen molar-refractivity contribution in [3.05, 3.63) is 29.8 Å². The van der Waals surface area contributed by atoms with E-state index in [1.807, 2.05) is 0 Å². The second-order valence-electron chi connectivity index (χ2n) is 5.06. The number of hydrogen-bond acceptors (Lipinski definition) is 6. The molecule has 0 bridgehead atoms. The second kappa shape index (κ2) is 6.38. The average Bonchev–Trinajstić information content (AvgIpc) is 2.36. The summed E-state index contributed by atoms with van der Waals surface area (Å²) in [5.41, 5.74) is 5.14. The van der Waals surface area contributed by atoms with Crippen molar-refractivity contribution in [3.8, 4) is 5.75 Å². The molecule has 1 atom stereocenters. The van der Waals surface area contributed by atoms with Crippen LogP contribution in [0.25, 0.3) is 0 Å². The first-order valence-corrected chi connectivity index (χ1v) is 6.07. The Morgan fingerprint density at radius 3 is 2.35 bits per heavy atom. The van der Waals surface area contributed by atoms with E-state index >= 15 is 0 Å². The Bertz CT molecular complexity index is 493. The van der Waals surface area contributed by atoms with Gasteiger partial charge in [0.15, 0.2) is 0 Å². The summed E-state index contributed by atoms with van der Waals surface area (Å²) >= 11 is 0. The predicted octanol–water partition coefficient (Wildman–Crippen LogP) is 1.48. The Kier molecular flexibility index (Phi) is 5.10. The standard InChI is InChI=1S/C14H19NO5/c1-14(2,3)20-13(17)11(15)19-10-8-6-5-7-9(10)12(16)18-4/h5-8,11H,15H2,1-4H3. The van der Waals surface area contributed by atoms with Crippen LogP contribution in [0.5, 0.6) is 5.75 Å². The van der Waals surface area contributed by atoms with Crippen LogP contribution in [0.4, 0.5) is 0 Å². The predicted molar refractivity (Wildman–Crippen MR) is 72.2 cm³/mol. The molecule has 0 aliphatic carbocycles. The summed E-state index contributed by atoms with van der Waals surface area (Å²) in [6.45, 7) is 5.17. The van der Waals surface area contributed by atoms with Crippen LogP contribution in [-0.4, -0.2) is 30.9 Å². The molecule has 0 radical (unpaired) electrons. The molecule has 1 aromatic carbocycles. The highest BCUT2D eigenvalue weighted by molar-refractivity contribution is 5.92. The van der Waals surface area contributed by atoms with Crippen LogP contribution in [0.15, 0.2) is 24.3 Å².